The van der Waals surface area contributed by atoms with Gasteiger partial charge in [-0.25, -0.2) is 0 Å². The largest absolute Gasteiger partial charge is 0.393 e. The van der Waals surface area contributed by atoms with E-state index in [0.717, 1.165) is 30.3 Å². The van der Waals surface area contributed by atoms with E-state index in [-0.39, 0.29) is 6.10 Å². The number of allylic oxidation sites excluding steroid dienone is 3. The van der Waals surface area contributed by atoms with Crippen molar-refractivity contribution < 1.29 is 15.3 Å². The lowest BCUT2D eigenvalue weighted by atomic mass is 9.60. The molecular weight excluding hydrogens is 360 g/mol. The first-order valence-electron chi connectivity index (χ1n) is 11.8. The summed E-state index contributed by atoms with van der Waals surface area (Å²) in [5.41, 5.74) is 3.67. The molecule has 0 heterocycles. The van der Waals surface area contributed by atoms with Crippen LogP contribution in [0.4, 0.5) is 0 Å². The lowest BCUT2D eigenvalue weighted by Crippen LogP contribution is -2.36. The summed E-state index contributed by atoms with van der Waals surface area (Å²) in [5, 5.41) is 29.8. The van der Waals surface area contributed by atoms with Crippen molar-refractivity contribution in [3.05, 3.63) is 35.5 Å². The summed E-state index contributed by atoms with van der Waals surface area (Å²) in [6.45, 7) is 10.7. The number of hydrogen-bond acceptors (Lipinski definition) is 3. The van der Waals surface area contributed by atoms with Crippen LogP contribution in [0.1, 0.15) is 85.0 Å². The molecule has 0 amide bonds. The Balaban J connectivity index is 1.68. The molecule has 3 aliphatic rings. The van der Waals surface area contributed by atoms with Gasteiger partial charge in [-0.2, -0.15) is 0 Å². The molecule has 164 valence electrons. The molecule has 7 atom stereocenters. The van der Waals surface area contributed by atoms with Crippen molar-refractivity contribution in [2.45, 2.75) is 103 Å². The topological polar surface area (TPSA) is 60.7 Å². The summed E-state index contributed by atoms with van der Waals surface area (Å²) in [7, 11) is 0. The Bertz CT molecular complexity index is 630. The van der Waals surface area contributed by atoms with E-state index in [4.69, 9.17) is 0 Å². The SMILES string of the molecule is C=C1[C@H](O)CC(=CC=C2CCC[C@]3(C)[C@@H]([C@H](C)CCC[C@@H](C)O)CC[C@@H]23)C[C@H]1O. The highest BCUT2D eigenvalue weighted by Crippen LogP contribution is 2.59. The maximum absolute atomic E-state index is 10.1. The highest BCUT2D eigenvalue weighted by atomic mass is 16.3. The van der Waals surface area contributed by atoms with E-state index in [2.05, 4.69) is 32.6 Å². The number of aliphatic hydroxyl groups excluding tert-OH is 3. The van der Waals surface area contributed by atoms with Crippen LogP contribution in [0.3, 0.4) is 0 Å². The third kappa shape index (κ3) is 5.06. The van der Waals surface area contributed by atoms with E-state index in [1.165, 1.54) is 38.5 Å². The molecule has 0 spiro atoms. The molecule has 0 unspecified atom stereocenters. The van der Waals surface area contributed by atoms with Gasteiger partial charge in [0.2, 0.25) is 0 Å². The fourth-order valence-corrected chi connectivity index (χ4v) is 6.58. The van der Waals surface area contributed by atoms with Crippen LogP contribution in [0.15, 0.2) is 35.5 Å². The van der Waals surface area contributed by atoms with Gasteiger partial charge in [0.15, 0.2) is 0 Å². The van der Waals surface area contributed by atoms with Gasteiger partial charge in [-0.15, -0.1) is 0 Å². The van der Waals surface area contributed by atoms with Crippen LogP contribution in [0.5, 0.6) is 0 Å². The molecule has 3 saturated carbocycles. The zero-order valence-corrected chi connectivity index (χ0v) is 18.7. The number of aliphatic hydroxyl groups is 3. The zero-order chi connectivity index (χ0) is 21.2. The van der Waals surface area contributed by atoms with E-state index < -0.39 is 12.2 Å². The molecular formula is C26H42O3. The third-order valence-corrected chi connectivity index (χ3v) is 8.31. The molecule has 3 rings (SSSR count). The zero-order valence-electron chi connectivity index (χ0n) is 18.7. The number of rotatable bonds is 6. The Morgan fingerprint density at radius 3 is 2.45 bits per heavy atom. The molecule has 0 aromatic heterocycles. The molecule has 3 fully saturated rings. The summed E-state index contributed by atoms with van der Waals surface area (Å²) in [6, 6.07) is 0. The van der Waals surface area contributed by atoms with E-state index in [0.29, 0.717) is 29.7 Å². The molecule has 0 aliphatic heterocycles. The van der Waals surface area contributed by atoms with Crippen LogP contribution in [-0.4, -0.2) is 33.6 Å². The molecule has 3 aliphatic carbocycles. The van der Waals surface area contributed by atoms with Crippen molar-refractivity contribution in [2.24, 2.45) is 23.2 Å². The lowest BCUT2D eigenvalue weighted by molar-refractivity contribution is 0.0907. The fraction of sp³-hybridized carbons (Fsp3) is 0.769. The van der Waals surface area contributed by atoms with Crippen LogP contribution < -0.4 is 0 Å². The Hall–Kier alpha value is -0.900. The molecule has 3 nitrogen and oxygen atoms in total. The third-order valence-electron chi connectivity index (χ3n) is 8.31. The van der Waals surface area contributed by atoms with Crippen molar-refractivity contribution in [3.8, 4) is 0 Å². The first-order chi connectivity index (χ1) is 13.7. The maximum atomic E-state index is 10.1. The summed E-state index contributed by atoms with van der Waals surface area (Å²) in [5.74, 6) is 2.17. The van der Waals surface area contributed by atoms with Gasteiger partial charge in [0, 0.05) is 0 Å². The molecule has 0 saturated heterocycles. The molecule has 0 aromatic rings. The van der Waals surface area contributed by atoms with E-state index in [9.17, 15) is 15.3 Å². The second-order valence-electron chi connectivity index (χ2n) is 10.4. The van der Waals surface area contributed by atoms with Crippen molar-refractivity contribution in [1.29, 1.82) is 0 Å². The maximum Gasteiger partial charge on any atom is 0.0809 e. The first kappa shape index (κ1) is 22.8. The normalized spacial score (nSPS) is 38.8. The number of hydrogen-bond donors (Lipinski definition) is 3. The summed E-state index contributed by atoms with van der Waals surface area (Å²) in [6.07, 6.45) is 14.0. The minimum Gasteiger partial charge on any atom is -0.393 e. The van der Waals surface area contributed by atoms with Crippen LogP contribution in [0, 0.1) is 23.2 Å². The minimum absolute atomic E-state index is 0.180. The van der Waals surface area contributed by atoms with Gasteiger partial charge >= 0.3 is 0 Å². The van der Waals surface area contributed by atoms with Crippen LogP contribution in [-0.2, 0) is 0 Å². The highest BCUT2D eigenvalue weighted by Gasteiger charge is 2.50. The van der Waals surface area contributed by atoms with Crippen molar-refractivity contribution in [3.63, 3.8) is 0 Å². The van der Waals surface area contributed by atoms with Gasteiger partial charge in [0.05, 0.1) is 18.3 Å². The average molecular weight is 403 g/mol. The van der Waals surface area contributed by atoms with Crippen LogP contribution in [0.25, 0.3) is 0 Å². The smallest absolute Gasteiger partial charge is 0.0809 e. The van der Waals surface area contributed by atoms with E-state index >= 15 is 0 Å². The summed E-state index contributed by atoms with van der Waals surface area (Å²) >= 11 is 0. The standard InChI is InChI=1S/C26H42O3/c1-17(7-5-8-18(2)27)22-12-13-23-21(9-6-14-26(22,23)4)11-10-20-15-24(28)19(3)25(29)16-20/h10-11,17-18,22-25,27-29H,3,5-9,12-16H2,1-2,4H3/t17-,18-,22-,23+,24-,25-,26-/m1/s1. The van der Waals surface area contributed by atoms with Crippen LogP contribution >= 0.6 is 0 Å². The van der Waals surface area contributed by atoms with Crippen molar-refractivity contribution in [2.75, 3.05) is 0 Å². The Morgan fingerprint density at radius 1 is 1.10 bits per heavy atom. The van der Waals surface area contributed by atoms with E-state index in [1.54, 1.807) is 5.57 Å². The minimum atomic E-state index is -0.613. The average Bonchev–Trinajstić information content (AvgIpc) is 3.01. The second kappa shape index (κ2) is 9.49. The van der Waals surface area contributed by atoms with E-state index in [1.807, 2.05) is 6.92 Å². The fourth-order valence-electron chi connectivity index (χ4n) is 6.58. The monoisotopic (exact) mass is 402 g/mol. The Morgan fingerprint density at radius 2 is 1.79 bits per heavy atom. The Kier molecular flexibility index (Phi) is 7.46. The summed E-state index contributed by atoms with van der Waals surface area (Å²) < 4.78 is 0. The molecule has 0 radical (unpaired) electrons. The van der Waals surface area contributed by atoms with Gasteiger partial charge in [-0.3, -0.25) is 0 Å². The molecule has 3 heteroatoms. The van der Waals surface area contributed by atoms with Gasteiger partial charge in [0.25, 0.3) is 0 Å². The molecule has 29 heavy (non-hydrogen) atoms. The molecule has 0 aromatic carbocycles. The van der Waals surface area contributed by atoms with Crippen molar-refractivity contribution in [1.82, 2.24) is 0 Å². The molecule has 0 bridgehead atoms. The van der Waals surface area contributed by atoms with Gasteiger partial charge in [-0.05, 0) is 87.0 Å². The van der Waals surface area contributed by atoms with Gasteiger partial charge < -0.3 is 15.3 Å². The molecule has 3 N–H and O–H groups in total. The van der Waals surface area contributed by atoms with Gasteiger partial charge in [0.1, 0.15) is 0 Å². The quantitative estimate of drug-likeness (QED) is 0.527. The Labute approximate surface area is 177 Å². The van der Waals surface area contributed by atoms with Crippen LogP contribution in [0.2, 0.25) is 0 Å². The lowest BCUT2D eigenvalue weighted by Gasteiger charge is -2.44. The highest BCUT2D eigenvalue weighted by molar-refractivity contribution is 5.29. The first-order valence-corrected chi connectivity index (χ1v) is 11.8. The van der Waals surface area contributed by atoms with Gasteiger partial charge in [-0.1, -0.05) is 56.6 Å². The number of fused-ring (bicyclic) bond motifs is 1. The van der Waals surface area contributed by atoms with Crippen molar-refractivity contribution >= 4 is 0 Å². The predicted octanol–water partition coefficient (Wildman–Crippen LogP) is 5.31. The summed E-state index contributed by atoms with van der Waals surface area (Å²) in [4.78, 5) is 0. The second-order valence-corrected chi connectivity index (χ2v) is 10.4. The predicted molar refractivity (Wildman–Crippen MR) is 119 cm³/mol.